The number of carboxylic acids is 1. The fourth-order valence-corrected chi connectivity index (χ4v) is 9.36. The Kier molecular flexibility index (Phi) is 7.75. The average Bonchev–Trinajstić information content (AvgIpc) is 3.51. The highest BCUT2D eigenvalue weighted by molar-refractivity contribution is 7.92. The predicted molar refractivity (Wildman–Crippen MR) is 142 cm³/mol. The third kappa shape index (κ3) is 4.77. The fourth-order valence-electron chi connectivity index (χ4n) is 7.03. The van der Waals surface area contributed by atoms with Crippen LogP contribution in [0.25, 0.3) is 0 Å². The van der Waals surface area contributed by atoms with Gasteiger partial charge in [0.15, 0.2) is 9.84 Å². The van der Waals surface area contributed by atoms with E-state index in [1.54, 1.807) is 0 Å². The van der Waals surface area contributed by atoms with Gasteiger partial charge in [-0.15, -0.1) is 0 Å². The standard InChI is InChI=1S/C29H28F7NO7S/c1-44-19-3-5-20(6-4-19)45(42,43)26-12-13-37(24(40)25(41)10-8-16(9-11-25)23(38)39)22(26)15-17-14-18(2-7-21(17)26)27(30,28(31,32)33)29(34,35)36/h2-7,14,16,22,41H,8-13,15H2,1H3,(H,38,39). The molecule has 16 heteroatoms. The van der Waals surface area contributed by atoms with E-state index in [0.717, 1.165) is 11.0 Å². The van der Waals surface area contributed by atoms with Crippen molar-refractivity contribution in [3.8, 4) is 5.75 Å². The highest BCUT2D eigenvalue weighted by atomic mass is 32.2. The summed E-state index contributed by atoms with van der Waals surface area (Å²) in [6.07, 6.45) is -14.3. The number of halogens is 7. The smallest absolute Gasteiger partial charge is 0.435 e. The number of fused-ring (bicyclic) bond motifs is 3. The molecule has 3 aliphatic rings. The Bertz CT molecular complexity index is 1600. The van der Waals surface area contributed by atoms with Crippen LogP contribution in [0, 0.1) is 5.92 Å². The molecule has 1 amide bonds. The highest BCUT2D eigenvalue weighted by Gasteiger charge is 2.74. The summed E-state index contributed by atoms with van der Waals surface area (Å²) in [6.45, 7) is -0.247. The van der Waals surface area contributed by atoms with E-state index in [2.05, 4.69) is 0 Å². The van der Waals surface area contributed by atoms with Crippen LogP contribution in [0.1, 0.15) is 48.8 Å². The van der Waals surface area contributed by atoms with Gasteiger partial charge in [0.2, 0.25) is 0 Å². The molecule has 5 rings (SSSR count). The Balaban J connectivity index is 1.64. The number of nitrogens with zero attached hydrogens (tertiary/aromatic N) is 1. The molecule has 0 aromatic heterocycles. The van der Waals surface area contributed by atoms with E-state index in [1.807, 2.05) is 0 Å². The third-order valence-electron chi connectivity index (χ3n) is 9.46. The minimum absolute atomic E-state index is 0.0532. The van der Waals surface area contributed by atoms with Crippen molar-refractivity contribution >= 4 is 21.7 Å². The number of carboxylic acid groups (broad SMARTS) is 1. The molecule has 1 heterocycles. The molecule has 1 saturated carbocycles. The van der Waals surface area contributed by atoms with Gasteiger partial charge in [0.25, 0.3) is 5.91 Å². The van der Waals surface area contributed by atoms with Crippen molar-refractivity contribution in [2.75, 3.05) is 13.7 Å². The molecule has 2 aromatic rings. The number of alkyl halides is 7. The van der Waals surface area contributed by atoms with Crippen LogP contribution in [0.4, 0.5) is 30.7 Å². The summed E-state index contributed by atoms with van der Waals surface area (Å²) >= 11 is 0. The van der Waals surface area contributed by atoms with Gasteiger partial charge >= 0.3 is 24.0 Å². The van der Waals surface area contributed by atoms with Gasteiger partial charge in [-0.25, -0.2) is 12.8 Å². The lowest BCUT2D eigenvalue weighted by atomic mass is 9.78. The third-order valence-corrected chi connectivity index (χ3v) is 12.0. The molecule has 0 radical (unpaired) electrons. The van der Waals surface area contributed by atoms with E-state index < -0.39 is 74.0 Å². The van der Waals surface area contributed by atoms with E-state index in [9.17, 15) is 54.6 Å². The largest absolute Gasteiger partial charge is 0.497 e. The van der Waals surface area contributed by atoms with Crippen molar-refractivity contribution in [2.24, 2.45) is 5.92 Å². The van der Waals surface area contributed by atoms with Gasteiger partial charge in [-0.1, -0.05) is 18.2 Å². The first kappa shape index (κ1) is 33.0. The predicted octanol–water partition coefficient (Wildman–Crippen LogP) is 4.82. The molecule has 1 aliphatic heterocycles. The van der Waals surface area contributed by atoms with E-state index in [0.29, 0.717) is 11.8 Å². The molecule has 2 fully saturated rings. The Morgan fingerprint density at radius 1 is 0.933 bits per heavy atom. The molecular formula is C29H28F7NO7S. The van der Waals surface area contributed by atoms with Gasteiger partial charge in [0.1, 0.15) is 16.1 Å². The molecule has 2 N–H and O–H groups in total. The van der Waals surface area contributed by atoms with Crippen LogP contribution in [-0.4, -0.2) is 73.1 Å². The monoisotopic (exact) mass is 667 g/mol. The summed E-state index contributed by atoms with van der Waals surface area (Å²) in [6, 6.07) is 5.03. The first-order chi connectivity index (χ1) is 20.7. The second-order valence-corrected chi connectivity index (χ2v) is 13.9. The van der Waals surface area contributed by atoms with Crippen molar-refractivity contribution in [3.63, 3.8) is 0 Å². The van der Waals surface area contributed by atoms with Crippen LogP contribution >= 0.6 is 0 Å². The minimum atomic E-state index is -6.40. The number of likely N-dealkylation sites (tertiary alicyclic amines) is 1. The number of aliphatic hydroxyl groups is 1. The van der Waals surface area contributed by atoms with Gasteiger partial charge in [-0.2, -0.15) is 26.3 Å². The lowest BCUT2D eigenvalue weighted by Crippen LogP contribution is -2.55. The zero-order valence-corrected chi connectivity index (χ0v) is 24.4. The molecular weight excluding hydrogens is 639 g/mol. The second kappa shape index (κ2) is 10.6. The molecule has 246 valence electrons. The number of carbonyl (C=O) groups excluding carboxylic acids is 1. The Labute approximate surface area is 252 Å². The Morgan fingerprint density at radius 3 is 2.02 bits per heavy atom. The topological polar surface area (TPSA) is 121 Å². The van der Waals surface area contributed by atoms with Crippen molar-refractivity contribution in [3.05, 3.63) is 59.2 Å². The quantitative estimate of drug-likeness (QED) is 0.424. The molecule has 2 aliphatic carbocycles. The van der Waals surface area contributed by atoms with E-state index >= 15 is 4.39 Å². The molecule has 0 bridgehead atoms. The average molecular weight is 668 g/mol. The van der Waals surface area contributed by atoms with Crippen molar-refractivity contribution in [1.29, 1.82) is 0 Å². The number of rotatable bonds is 6. The van der Waals surface area contributed by atoms with Gasteiger partial charge in [0, 0.05) is 12.1 Å². The lowest BCUT2D eigenvalue weighted by molar-refractivity contribution is -0.348. The molecule has 45 heavy (non-hydrogen) atoms. The number of benzene rings is 2. The Morgan fingerprint density at radius 2 is 1.51 bits per heavy atom. The molecule has 1 saturated heterocycles. The SMILES string of the molecule is COc1ccc(S(=O)(=O)C23CCN(C(=O)C4(O)CCC(C(=O)O)CC4)C2Cc2cc(C(F)(C(F)(F)F)C(F)(F)F)ccc23)cc1. The molecule has 2 aromatic carbocycles. The number of aliphatic carboxylic acids is 1. The van der Waals surface area contributed by atoms with Crippen LogP contribution in [-0.2, 0) is 36.3 Å². The summed E-state index contributed by atoms with van der Waals surface area (Å²) in [5, 5.41) is 20.6. The summed E-state index contributed by atoms with van der Waals surface area (Å²) in [5.41, 5.74) is -10.1. The zero-order valence-electron chi connectivity index (χ0n) is 23.6. The maximum atomic E-state index is 15.0. The number of carbonyl (C=O) groups is 2. The number of hydrogen-bond donors (Lipinski definition) is 2. The molecule has 2 atom stereocenters. The number of methoxy groups -OCH3 is 1. The second-order valence-electron chi connectivity index (χ2n) is 11.7. The maximum absolute atomic E-state index is 15.0. The van der Waals surface area contributed by atoms with Crippen molar-refractivity contribution in [1.82, 2.24) is 4.90 Å². The van der Waals surface area contributed by atoms with Crippen molar-refractivity contribution in [2.45, 2.75) is 77.8 Å². The summed E-state index contributed by atoms with van der Waals surface area (Å²) < 4.78 is 128. The molecule has 2 unspecified atom stereocenters. The molecule has 8 nitrogen and oxygen atoms in total. The van der Waals surface area contributed by atoms with E-state index in [-0.39, 0.29) is 60.7 Å². The summed E-state index contributed by atoms with van der Waals surface area (Å²) in [5.74, 6) is -2.57. The lowest BCUT2D eigenvalue weighted by Gasteiger charge is -2.39. The minimum Gasteiger partial charge on any atom is -0.497 e. The first-order valence-electron chi connectivity index (χ1n) is 13.9. The number of amides is 1. The number of hydrogen-bond acceptors (Lipinski definition) is 6. The van der Waals surface area contributed by atoms with Crippen LogP contribution < -0.4 is 4.74 Å². The highest BCUT2D eigenvalue weighted by Crippen LogP contribution is 2.58. The van der Waals surface area contributed by atoms with Crippen LogP contribution in [0.5, 0.6) is 5.75 Å². The number of ether oxygens (including phenoxy) is 1. The summed E-state index contributed by atoms with van der Waals surface area (Å²) in [7, 11) is -3.23. The number of sulfone groups is 1. The van der Waals surface area contributed by atoms with E-state index in [4.69, 9.17) is 4.74 Å². The van der Waals surface area contributed by atoms with Gasteiger partial charge in [0.05, 0.1) is 24.0 Å². The van der Waals surface area contributed by atoms with Crippen LogP contribution in [0.15, 0.2) is 47.4 Å². The van der Waals surface area contributed by atoms with E-state index in [1.165, 1.54) is 31.4 Å². The maximum Gasteiger partial charge on any atom is 0.435 e. The zero-order chi connectivity index (χ0) is 33.4. The van der Waals surface area contributed by atoms with Gasteiger partial charge < -0.3 is 19.8 Å². The van der Waals surface area contributed by atoms with Crippen LogP contribution in [0.2, 0.25) is 0 Å². The molecule has 0 spiro atoms. The fraction of sp³-hybridized carbons (Fsp3) is 0.517. The summed E-state index contributed by atoms with van der Waals surface area (Å²) in [4.78, 5) is 26.0. The first-order valence-corrected chi connectivity index (χ1v) is 15.3. The van der Waals surface area contributed by atoms with Crippen LogP contribution in [0.3, 0.4) is 0 Å². The Hall–Kier alpha value is -3.40. The van der Waals surface area contributed by atoms with Crippen molar-refractivity contribution < 1.29 is 63.7 Å². The normalized spacial score (nSPS) is 27.2. The van der Waals surface area contributed by atoms with Gasteiger partial charge in [-0.05, 0) is 73.9 Å². The van der Waals surface area contributed by atoms with Gasteiger partial charge in [-0.3, -0.25) is 9.59 Å².